The molecule has 2 aromatic carbocycles. The number of hydrogen-bond donors (Lipinski definition) is 0. The summed E-state index contributed by atoms with van der Waals surface area (Å²) in [4.78, 5) is 14.9. The van der Waals surface area contributed by atoms with E-state index in [0.29, 0.717) is 17.8 Å². The predicted octanol–water partition coefficient (Wildman–Crippen LogP) is 4.29. The molecule has 0 amide bonds. The van der Waals surface area contributed by atoms with E-state index in [2.05, 4.69) is 24.1 Å². The Balaban J connectivity index is 1.32. The zero-order chi connectivity index (χ0) is 18.8. The molecule has 2 fully saturated rings. The second kappa shape index (κ2) is 7.73. The summed E-state index contributed by atoms with van der Waals surface area (Å²) in [5, 5.41) is 0. The SMILES string of the molecule is CC(Oc1ccc(-c2ccccc2)cc1)C(=O)OC1CC2CCC(C1)N2C. The molecular weight excluding hydrogens is 338 g/mol. The molecule has 2 bridgehead atoms. The van der Waals surface area contributed by atoms with Crippen LogP contribution in [0.15, 0.2) is 54.6 Å². The van der Waals surface area contributed by atoms with Crippen LogP contribution in [-0.2, 0) is 9.53 Å². The fourth-order valence-electron chi connectivity index (χ4n) is 4.33. The molecule has 2 heterocycles. The summed E-state index contributed by atoms with van der Waals surface area (Å²) in [6, 6.07) is 19.1. The van der Waals surface area contributed by atoms with Gasteiger partial charge in [0.05, 0.1) is 0 Å². The largest absolute Gasteiger partial charge is 0.479 e. The number of piperidine rings is 1. The zero-order valence-corrected chi connectivity index (χ0v) is 16.0. The lowest BCUT2D eigenvalue weighted by Crippen LogP contribution is -2.44. The van der Waals surface area contributed by atoms with Crippen molar-refractivity contribution in [3.8, 4) is 16.9 Å². The van der Waals surface area contributed by atoms with Crippen molar-refractivity contribution in [2.75, 3.05) is 7.05 Å². The number of esters is 1. The molecule has 0 aromatic heterocycles. The highest BCUT2D eigenvalue weighted by Crippen LogP contribution is 2.35. The first kappa shape index (κ1) is 18.1. The van der Waals surface area contributed by atoms with Gasteiger partial charge in [0.15, 0.2) is 6.10 Å². The Morgan fingerprint density at radius 1 is 0.963 bits per heavy atom. The van der Waals surface area contributed by atoms with E-state index in [1.54, 1.807) is 6.92 Å². The number of hydrogen-bond acceptors (Lipinski definition) is 4. The third-order valence-electron chi connectivity index (χ3n) is 5.94. The minimum atomic E-state index is -0.607. The van der Waals surface area contributed by atoms with Crippen molar-refractivity contribution in [3.63, 3.8) is 0 Å². The highest BCUT2D eigenvalue weighted by atomic mass is 16.6. The summed E-state index contributed by atoms with van der Waals surface area (Å²) in [6.07, 6.45) is 3.74. The summed E-state index contributed by atoms with van der Waals surface area (Å²) in [7, 11) is 2.19. The van der Waals surface area contributed by atoms with Gasteiger partial charge in [-0.15, -0.1) is 0 Å². The number of carbonyl (C=O) groups is 1. The van der Waals surface area contributed by atoms with E-state index in [0.717, 1.165) is 24.0 Å². The Hall–Kier alpha value is -2.33. The van der Waals surface area contributed by atoms with Gasteiger partial charge >= 0.3 is 5.97 Å². The van der Waals surface area contributed by atoms with Crippen LogP contribution in [0.3, 0.4) is 0 Å². The Morgan fingerprint density at radius 3 is 2.19 bits per heavy atom. The minimum Gasteiger partial charge on any atom is -0.479 e. The molecule has 4 rings (SSSR count). The number of benzene rings is 2. The van der Waals surface area contributed by atoms with E-state index in [9.17, 15) is 4.79 Å². The van der Waals surface area contributed by atoms with Crippen molar-refractivity contribution in [2.24, 2.45) is 0 Å². The molecule has 27 heavy (non-hydrogen) atoms. The van der Waals surface area contributed by atoms with Gasteiger partial charge in [0.2, 0.25) is 0 Å². The smallest absolute Gasteiger partial charge is 0.347 e. The van der Waals surface area contributed by atoms with E-state index in [1.165, 1.54) is 12.8 Å². The van der Waals surface area contributed by atoms with Crippen molar-refractivity contribution in [1.82, 2.24) is 4.90 Å². The Bertz CT molecular complexity index is 760. The molecule has 2 saturated heterocycles. The van der Waals surface area contributed by atoms with Crippen LogP contribution in [0.25, 0.3) is 11.1 Å². The van der Waals surface area contributed by atoms with E-state index in [1.807, 2.05) is 42.5 Å². The Labute approximate surface area is 161 Å². The van der Waals surface area contributed by atoms with Crippen LogP contribution in [0.5, 0.6) is 5.75 Å². The van der Waals surface area contributed by atoms with Gasteiger partial charge in [-0.05, 0) is 62.9 Å². The van der Waals surface area contributed by atoms with Crippen molar-refractivity contribution in [2.45, 2.75) is 56.9 Å². The topological polar surface area (TPSA) is 38.8 Å². The Kier molecular flexibility index (Phi) is 5.17. The normalized spacial score (nSPS) is 25.8. The third kappa shape index (κ3) is 4.01. The average Bonchev–Trinajstić information content (AvgIpc) is 2.90. The van der Waals surface area contributed by atoms with Gasteiger partial charge in [0, 0.05) is 12.1 Å². The summed E-state index contributed by atoms with van der Waals surface area (Å²) in [5.74, 6) is 0.415. The molecule has 0 aliphatic carbocycles. The predicted molar refractivity (Wildman–Crippen MR) is 106 cm³/mol. The fraction of sp³-hybridized carbons (Fsp3) is 0.435. The van der Waals surface area contributed by atoms with E-state index < -0.39 is 6.10 Å². The summed E-state index contributed by atoms with van der Waals surface area (Å²) >= 11 is 0. The lowest BCUT2D eigenvalue weighted by atomic mass is 10.0. The number of ether oxygens (including phenoxy) is 2. The van der Waals surface area contributed by atoms with Crippen LogP contribution in [-0.4, -0.2) is 42.2 Å². The maximum atomic E-state index is 12.5. The van der Waals surface area contributed by atoms with Crippen molar-refractivity contribution in [1.29, 1.82) is 0 Å². The summed E-state index contributed by atoms with van der Waals surface area (Å²) < 4.78 is 11.6. The number of fused-ring (bicyclic) bond motifs is 2. The van der Waals surface area contributed by atoms with Crippen LogP contribution in [0.4, 0.5) is 0 Å². The first-order chi connectivity index (χ1) is 13.1. The van der Waals surface area contributed by atoms with Crippen LogP contribution in [0, 0.1) is 0 Å². The van der Waals surface area contributed by atoms with Gasteiger partial charge < -0.3 is 14.4 Å². The van der Waals surface area contributed by atoms with Gasteiger partial charge in [-0.3, -0.25) is 0 Å². The standard InChI is InChI=1S/C23H27NO3/c1-16(23(25)27-22-14-19-10-11-20(15-22)24(19)2)26-21-12-8-18(9-13-21)17-6-4-3-5-7-17/h3-9,12-13,16,19-20,22H,10-11,14-15H2,1-2H3. The van der Waals surface area contributed by atoms with Crippen LogP contribution in [0.2, 0.25) is 0 Å². The third-order valence-corrected chi connectivity index (χ3v) is 5.94. The monoisotopic (exact) mass is 365 g/mol. The van der Waals surface area contributed by atoms with Gasteiger partial charge in [0.1, 0.15) is 11.9 Å². The van der Waals surface area contributed by atoms with Gasteiger partial charge in [-0.1, -0.05) is 42.5 Å². The van der Waals surface area contributed by atoms with Gasteiger partial charge in [0.25, 0.3) is 0 Å². The van der Waals surface area contributed by atoms with Gasteiger partial charge in [-0.2, -0.15) is 0 Å². The van der Waals surface area contributed by atoms with Crippen LogP contribution < -0.4 is 4.74 Å². The summed E-state index contributed by atoms with van der Waals surface area (Å²) in [5.41, 5.74) is 2.29. The molecule has 0 N–H and O–H groups in total. The van der Waals surface area contributed by atoms with E-state index in [-0.39, 0.29) is 12.1 Å². The quantitative estimate of drug-likeness (QED) is 0.741. The second-order valence-electron chi connectivity index (χ2n) is 7.73. The molecule has 2 aliphatic rings. The molecule has 2 aliphatic heterocycles. The zero-order valence-electron chi connectivity index (χ0n) is 16.0. The lowest BCUT2D eigenvalue weighted by Gasteiger charge is -2.36. The highest BCUT2D eigenvalue weighted by molar-refractivity contribution is 5.75. The van der Waals surface area contributed by atoms with Crippen molar-refractivity contribution >= 4 is 5.97 Å². The molecule has 0 radical (unpaired) electrons. The van der Waals surface area contributed by atoms with Crippen molar-refractivity contribution < 1.29 is 14.3 Å². The number of nitrogens with zero attached hydrogens (tertiary/aromatic N) is 1. The first-order valence-electron chi connectivity index (χ1n) is 9.84. The molecule has 0 spiro atoms. The molecule has 0 saturated carbocycles. The molecule has 3 atom stereocenters. The summed E-state index contributed by atoms with van der Waals surface area (Å²) in [6.45, 7) is 1.76. The van der Waals surface area contributed by atoms with E-state index in [4.69, 9.17) is 9.47 Å². The molecular formula is C23H27NO3. The Morgan fingerprint density at radius 2 is 1.56 bits per heavy atom. The first-order valence-corrected chi connectivity index (χ1v) is 9.84. The van der Waals surface area contributed by atoms with Crippen LogP contribution in [0.1, 0.15) is 32.6 Å². The van der Waals surface area contributed by atoms with Gasteiger partial charge in [-0.25, -0.2) is 4.79 Å². The molecule has 4 heteroatoms. The minimum absolute atomic E-state index is 0.0257. The lowest BCUT2D eigenvalue weighted by molar-refractivity contribution is -0.159. The molecule has 4 nitrogen and oxygen atoms in total. The maximum absolute atomic E-state index is 12.5. The molecule has 142 valence electrons. The second-order valence-corrected chi connectivity index (χ2v) is 7.73. The fourth-order valence-corrected chi connectivity index (χ4v) is 4.33. The molecule has 3 unspecified atom stereocenters. The highest BCUT2D eigenvalue weighted by Gasteiger charge is 2.40. The van der Waals surface area contributed by atoms with Crippen LogP contribution >= 0.6 is 0 Å². The number of rotatable bonds is 5. The molecule has 2 aromatic rings. The average molecular weight is 365 g/mol. The number of carbonyl (C=O) groups excluding carboxylic acids is 1. The maximum Gasteiger partial charge on any atom is 0.347 e. The van der Waals surface area contributed by atoms with E-state index >= 15 is 0 Å². The van der Waals surface area contributed by atoms with Crippen molar-refractivity contribution in [3.05, 3.63) is 54.6 Å².